The number of nitrogens with one attached hydrogen (secondary N) is 3. The topological polar surface area (TPSA) is 110 Å². The summed E-state index contributed by atoms with van der Waals surface area (Å²) < 4.78 is 11.0. The van der Waals surface area contributed by atoms with E-state index in [9.17, 15) is 14.4 Å². The van der Waals surface area contributed by atoms with Crippen LogP contribution in [-0.4, -0.2) is 23.5 Å². The molecule has 3 aromatic rings. The third-order valence-electron chi connectivity index (χ3n) is 4.40. The maximum atomic E-state index is 12.4. The standard InChI is InChI=1S/C22H19N3O5S/c26-20-10-11-31-19-9-6-14(12-17(19)23-20)21(27)24-25-22(28)18-8-7-16(30-18)13-29-15-4-2-1-3-5-15/h1-9,12H,10-11,13H2,(H,23,26)(H,24,27)(H,25,28). The van der Waals surface area contributed by atoms with Crippen molar-refractivity contribution in [3.63, 3.8) is 0 Å². The van der Waals surface area contributed by atoms with Gasteiger partial charge >= 0.3 is 5.91 Å². The average molecular weight is 437 g/mol. The first kappa shape index (κ1) is 20.5. The molecule has 1 aliphatic rings. The smallest absolute Gasteiger partial charge is 0.305 e. The maximum Gasteiger partial charge on any atom is 0.305 e. The van der Waals surface area contributed by atoms with E-state index in [2.05, 4.69) is 16.2 Å². The number of para-hydroxylation sites is 1. The number of benzene rings is 2. The van der Waals surface area contributed by atoms with Crippen molar-refractivity contribution < 1.29 is 23.5 Å². The Balaban J connectivity index is 1.32. The van der Waals surface area contributed by atoms with Crippen LogP contribution >= 0.6 is 11.8 Å². The molecule has 2 aromatic carbocycles. The molecule has 158 valence electrons. The van der Waals surface area contributed by atoms with Crippen molar-refractivity contribution in [3.8, 4) is 5.75 Å². The van der Waals surface area contributed by atoms with E-state index in [-0.39, 0.29) is 18.3 Å². The van der Waals surface area contributed by atoms with Crippen LogP contribution in [0.1, 0.15) is 33.1 Å². The van der Waals surface area contributed by atoms with Crippen molar-refractivity contribution in [1.29, 1.82) is 0 Å². The van der Waals surface area contributed by atoms with Gasteiger partial charge in [0.2, 0.25) is 5.91 Å². The van der Waals surface area contributed by atoms with Crippen LogP contribution in [0.3, 0.4) is 0 Å². The third kappa shape index (κ3) is 5.26. The summed E-state index contributed by atoms with van der Waals surface area (Å²) in [6.45, 7) is 0.169. The quantitative estimate of drug-likeness (QED) is 0.528. The first-order valence-corrected chi connectivity index (χ1v) is 10.5. The molecule has 0 bridgehead atoms. The van der Waals surface area contributed by atoms with E-state index >= 15 is 0 Å². The number of fused-ring (bicyclic) bond motifs is 1. The largest absolute Gasteiger partial charge is 0.486 e. The Labute approximate surface area is 182 Å². The second-order valence-electron chi connectivity index (χ2n) is 6.63. The van der Waals surface area contributed by atoms with Gasteiger partial charge in [-0.1, -0.05) is 18.2 Å². The van der Waals surface area contributed by atoms with Gasteiger partial charge in [0.05, 0.1) is 5.69 Å². The van der Waals surface area contributed by atoms with E-state index in [1.54, 1.807) is 36.0 Å². The molecule has 0 spiro atoms. The Hall–Kier alpha value is -3.72. The van der Waals surface area contributed by atoms with Gasteiger partial charge in [-0.3, -0.25) is 25.2 Å². The van der Waals surface area contributed by atoms with Gasteiger partial charge in [0.25, 0.3) is 5.91 Å². The highest BCUT2D eigenvalue weighted by Crippen LogP contribution is 2.31. The minimum absolute atomic E-state index is 0.0394. The van der Waals surface area contributed by atoms with Gasteiger partial charge in [-0.15, -0.1) is 11.8 Å². The molecule has 0 radical (unpaired) electrons. The molecule has 0 saturated heterocycles. The summed E-state index contributed by atoms with van der Waals surface area (Å²) in [5.41, 5.74) is 5.56. The van der Waals surface area contributed by atoms with Crippen LogP contribution in [0.15, 0.2) is 70.0 Å². The molecule has 31 heavy (non-hydrogen) atoms. The fourth-order valence-corrected chi connectivity index (χ4v) is 3.79. The molecule has 0 atom stereocenters. The Kier molecular flexibility index (Phi) is 6.23. The molecule has 3 N–H and O–H groups in total. The molecular weight excluding hydrogens is 418 g/mol. The lowest BCUT2D eigenvalue weighted by Crippen LogP contribution is -2.41. The third-order valence-corrected chi connectivity index (χ3v) is 5.48. The molecule has 9 heteroatoms. The lowest BCUT2D eigenvalue weighted by atomic mass is 10.2. The molecule has 8 nitrogen and oxygen atoms in total. The molecule has 3 amide bonds. The number of hydrogen-bond donors (Lipinski definition) is 3. The summed E-state index contributed by atoms with van der Waals surface area (Å²) in [7, 11) is 0. The molecule has 0 unspecified atom stereocenters. The summed E-state index contributed by atoms with van der Waals surface area (Å²) >= 11 is 1.55. The zero-order valence-corrected chi connectivity index (χ0v) is 17.2. The van der Waals surface area contributed by atoms with E-state index in [0.717, 1.165) is 4.90 Å². The zero-order chi connectivity index (χ0) is 21.6. The molecule has 1 aromatic heterocycles. The summed E-state index contributed by atoms with van der Waals surface area (Å²) in [6.07, 6.45) is 0.415. The minimum Gasteiger partial charge on any atom is -0.486 e. The lowest BCUT2D eigenvalue weighted by molar-refractivity contribution is -0.115. The van der Waals surface area contributed by atoms with Crippen LogP contribution in [-0.2, 0) is 11.4 Å². The van der Waals surface area contributed by atoms with E-state index < -0.39 is 11.8 Å². The fourth-order valence-electron chi connectivity index (χ4n) is 2.86. The van der Waals surface area contributed by atoms with Crippen LogP contribution in [0.2, 0.25) is 0 Å². The molecule has 0 fully saturated rings. The number of carbonyl (C=O) groups is 3. The van der Waals surface area contributed by atoms with Crippen LogP contribution in [0.25, 0.3) is 0 Å². The SMILES string of the molecule is O=C1CCSc2ccc(C(=O)NNC(=O)c3ccc(COc4ccccc4)o3)cc2N1. The second-order valence-corrected chi connectivity index (χ2v) is 7.77. The van der Waals surface area contributed by atoms with E-state index in [1.807, 2.05) is 30.3 Å². The van der Waals surface area contributed by atoms with Crippen molar-refractivity contribution in [2.45, 2.75) is 17.9 Å². The number of carbonyl (C=O) groups excluding carboxylic acids is 3. The highest BCUT2D eigenvalue weighted by atomic mass is 32.2. The Morgan fingerprint density at radius 3 is 2.68 bits per heavy atom. The van der Waals surface area contributed by atoms with Gasteiger partial charge in [0, 0.05) is 22.6 Å². The van der Waals surface area contributed by atoms with Crippen LogP contribution in [0.4, 0.5) is 5.69 Å². The lowest BCUT2D eigenvalue weighted by Gasteiger charge is -2.10. The van der Waals surface area contributed by atoms with Gasteiger partial charge in [-0.05, 0) is 42.5 Å². The van der Waals surface area contributed by atoms with Crippen LogP contribution < -0.4 is 20.9 Å². The summed E-state index contributed by atoms with van der Waals surface area (Å²) in [5.74, 6) is 0.672. The number of rotatable bonds is 5. The normalized spacial score (nSPS) is 12.8. The van der Waals surface area contributed by atoms with Crippen LogP contribution in [0, 0.1) is 0 Å². The predicted molar refractivity (Wildman–Crippen MR) is 115 cm³/mol. The van der Waals surface area contributed by atoms with Crippen molar-refractivity contribution in [2.75, 3.05) is 11.1 Å². The van der Waals surface area contributed by atoms with Gasteiger partial charge in [0.1, 0.15) is 18.1 Å². The van der Waals surface area contributed by atoms with Gasteiger partial charge in [-0.2, -0.15) is 0 Å². The number of ether oxygens (including phenoxy) is 1. The average Bonchev–Trinajstić information content (AvgIpc) is 3.18. The highest BCUT2D eigenvalue weighted by molar-refractivity contribution is 7.99. The van der Waals surface area contributed by atoms with Gasteiger partial charge < -0.3 is 14.5 Å². The number of amides is 3. The van der Waals surface area contributed by atoms with Crippen molar-refractivity contribution >= 4 is 35.2 Å². The van der Waals surface area contributed by atoms with Gasteiger partial charge in [0.15, 0.2) is 5.76 Å². The summed E-state index contributed by atoms with van der Waals surface area (Å²) in [6, 6.07) is 17.4. The minimum atomic E-state index is -0.599. The second kappa shape index (κ2) is 9.40. The van der Waals surface area contributed by atoms with E-state index in [1.165, 1.54) is 6.07 Å². The predicted octanol–water partition coefficient (Wildman–Crippen LogP) is 3.37. The zero-order valence-electron chi connectivity index (χ0n) is 16.3. The number of thioether (sulfide) groups is 1. The Bertz CT molecular complexity index is 1110. The van der Waals surface area contributed by atoms with Crippen LogP contribution in [0.5, 0.6) is 5.75 Å². The number of anilines is 1. The van der Waals surface area contributed by atoms with Crippen molar-refractivity contribution in [1.82, 2.24) is 10.9 Å². The Morgan fingerprint density at radius 2 is 1.84 bits per heavy atom. The first-order valence-electron chi connectivity index (χ1n) is 9.52. The number of hydrogen-bond acceptors (Lipinski definition) is 6. The molecule has 2 heterocycles. The van der Waals surface area contributed by atoms with Crippen molar-refractivity contribution in [3.05, 3.63) is 77.7 Å². The van der Waals surface area contributed by atoms with Crippen molar-refractivity contribution in [2.24, 2.45) is 0 Å². The highest BCUT2D eigenvalue weighted by Gasteiger charge is 2.17. The van der Waals surface area contributed by atoms with E-state index in [4.69, 9.17) is 9.15 Å². The molecule has 4 rings (SSSR count). The molecule has 1 aliphatic heterocycles. The molecular formula is C22H19N3O5S. The molecule has 0 saturated carbocycles. The molecule has 0 aliphatic carbocycles. The summed E-state index contributed by atoms with van der Waals surface area (Å²) in [5, 5.41) is 2.78. The number of hydrazine groups is 1. The number of furan rings is 1. The first-order chi connectivity index (χ1) is 15.1. The monoisotopic (exact) mass is 437 g/mol. The maximum absolute atomic E-state index is 12.4. The fraction of sp³-hybridized carbons (Fsp3) is 0.136. The summed E-state index contributed by atoms with van der Waals surface area (Å²) in [4.78, 5) is 37.3. The van der Waals surface area contributed by atoms with Gasteiger partial charge in [-0.25, -0.2) is 0 Å². The van der Waals surface area contributed by atoms with E-state index in [0.29, 0.717) is 34.9 Å². The Morgan fingerprint density at radius 1 is 1.03 bits per heavy atom.